The van der Waals surface area contributed by atoms with Gasteiger partial charge in [0.05, 0.1) is 0 Å². The van der Waals surface area contributed by atoms with Gasteiger partial charge in [0.15, 0.2) is 0 Å². The second-order valence-corrected chi connectivity index (χ2v) is 5.21. The van der Waals surface area contributed by atoms with E-state index in [-0.39, 0.29) is 0 Å². The van der Waals surface area contributed by atoms with Crippen LogP contribution < -0.4 is 4.98 Å². The van der Waals surface area contributed by atoms with Crippen molar-refractivity contribution in [3.05, 3.63) is 0 Å². The summed E-state index contributed by atoms with van der Waals surface area (Å²) >= 11 is 5.51. The van der Waals surface area contributed by atoms with Gasteiger partial charge in [-0.15, -0.1) is 11.6 Å². The number of alkyl halides is 1. The van der Waals surface area contributed by atoms with E-state index in [1.807, 2.05) is 0 Å². The quantitative estimate of drug-likeness (QED) is 0.382. The summed E-state index contributed by atoms with van der Waals surface area (Å²) in [5, 5.41) is 0. The molecule has 4 nitrogen and oxygen atoms in total. The Kier molecular flexibility index (Phi) is 7.02. The van der Waals surface area contributed by atoms with Gasteiger partial charge in [-0.2, -0.15) is 0 Å². The average molecular weight is 214 g/mol. The highest BCUT2D eigenvalue weighted by Gasteiger charge is 2.38. The van der Waals surface area contributed by atoms with Crippen LogP contribution in [0.4, 0.5) is 0 Å². The summed E-state index contributed by atoms with van der Waals surface area (Å²) in [6.07, 6.45) is 0.867. The molecule has 12 heavy (non-hydrogen) atoms. The number of halogens is 1. The van der Waals surface area contributed by atoms with Crippen molar-refractivity contribution in [3.8, 4) is 0 Å². The number of hydrogen-bond donors (Lipinski definition) is 1. The zero-order valence-corrected chi connectivity index (χ0v) is 9.48. The first-order chi connectivity index (χ1) is 5.74. The van der Waals surface area contributed by atoms with E-state index in [0.717, 1.165) is 13.0 Å². The summed E-state index contributed by atoms with van der Waals surface area (Å²) in [4.78, 5) is 3.07. The van der Waals surface area contributed by atoms with E-state index < -0.39 is 8.97 Å². The molecule has 0 heterocycles. The highest BCUT2D eigenvalue weighted by atomic mass is 35.5. The Labute approximate surface area is 79.6 Å². The first-order valence-electron chi connectivity index (χ1n) is 3.71. The summed E-state index contributed by atoms with van der Waals surface area (Å²) in [6.45, 7) is 0.741. The van der Waals surface area contributed by atoms with E-state index >= 15 is 0 Å². The standard InChI is InChI=1S/C6H16ClNO3Si/c1-9-12(10-2,11-3)8-6-4-5-7/h8H,4-6H2,1-3H3. The fourth-order valence-corrected chi connectivity index (χ4v) is 2.32. The predicted octanol–water partition coefficient (Wildman–Crippen LogP) is 0.580. The Morgan fingerprint density at radius 2 is 1.67 bits per heavy atom. The molecule has 0 amide bonds. The molecule has 0 bridgehead atoms. The lowest BCUT2D eigenvalue weighted by Gasteiger charge is -2.24. The van der Waals surface area contributed by atoms with Gasteiger partial charge in [0.25, 0.3) is 0 Å². The summed E-state index contributed by atoms with van der Waals surface area (Å²) in [5.41, 5.74) is 0. The zero-order chi connectivity index (χ0) is 9.45. The van der Waals surface area contributed by atoms with Gasteiger partial charge in [0.2, 0.25) is 0 Å². The largest absolute Gasteiger partial charge is 0.595 e. The molecule has 0 aliphatic heterocycles. The molecule has 0 radical (unpaired) electrons. The van der Waals surface area contributed by atoms with Crippen molar-refractivity contribution < 1.29 is 13.3 Å². The van der Waals surface area contributed by atoms with Crippen LogP contribution in [0.2, 0.25) is 0 Å². The van der Waals surface area contributed by atoms with Gasteiger partial charge in [-0.05, 0) is 13.0 Å². The molecule has 0 aromatic rings. The molecule has 0 rings (SSSR count). The van der Waals surface area contributed by atoms with Crippen molar-refractivity contribution in [3.63, 3.8) is 0 Å². The average Bonchev–Trinajstić information content (AvgIpc) is 2.14. The molecule has 0 aromatic heterocycles. The smallest absolute Gasteiger partial charge is 0.364 e. The third-order valence-electron chi connectivity index (χ3n) is 1.46. The molecule has 0 saturated carbocycles. The fraction of sp³-hybridized carbons (Fsp3) is 1.00. The molecule has 74 valence electrons. The van der Waals surface area contributed by atoms with E-state index in [4.69, 9.17) is 24.9 Å². The minimum atomic E-state index is -2.56. The highest BCUT2D eigenvalue weighted by Crippen LogP contribution is 2.00. The molecule has 0 spiro atoms. The lowest BCUT2D eigenvalue weighted by molar-refractivity contribution is 0.110. The summed E-state index contributed by atoms with van der Waals surface area (Å²) < 4.78 is 15.4. The third-order valence-corrected chi connectivity index (χ3v) is 4.02. The minimum absolute atomic E-state index is 0.620. The Bertz CT molecular complexity index is 105. The second kappa shape index (κ2) is 6.82. The molecule has 0 unspecified atom stereocenters. The van der Waals surface area contributed by atoms with Crippen LogP contribution in [0.5, 0.6) is 0 Å². The van der Waals surface area contributed by atoms with Gasteiger partial charge in [-0.1, -0.05) is 0 Å². The Morgan fingerprint density at radius 3 is 2.00 bits per heavy atom. The van der Waals surface area contributed by atoms with E-state index in [1.165, 1.54) is 0 Å². The van der Waals surface area contributed by atoms with E-state index in [0.29, 0.717) is 5.88 Å². The summed E-state index contributed by atoms with van der Waals surface area (Å²) in [5.74, 6) is 0.620. The SMILES string of the molecule is CO[Si](NCCCCl)(OC)OC. The van der Waals surface area contributed by atoms with Gasteiger partial charge in [-0.25, -0.2) is 0 Å². The lowest BCUT2D eigenvalue weighted by Crippen LogP contribution is -2.57. The van der Waals surface area contributed by atoms with Crippen molar-refractivity contribution >= 4 is 20.6 Å². The molecule has 0 aliphatic rings. The molecule has 0 aliphatic carbocycles. The normalized spacial score (nSPS) is 12.0. The molecule has 0 fully saturated rings. The van der Waals surface area contributed by atoms with Crippen LogP contribution in [0, 0.1) is 0 Å². The molecule has 1 N–H and O–H groups in total. The molecule has 6 heteroatoms. The van der Waals surface area contributed by atoms with E-state index in [9.17, 15) is 0 Å². The van der Waals surface area contributed by atoms with Gasteiger partial charge in [0.1, 0.15) is 0 Å². The fourth-order valence-electron chi connectivity index (χ4n) is 0.775. The maximum Gasteiger partial charge on any atom is 0.595 e. The van der Waals surface area contributed by atoms with Crippen molar-refractivity contribution in [1.29, 1.82) is 0 Å². The first kappa shape index (κ1) is 12.3. The van der Waals surface area contributed by atoms with Crippen molar-refractivity contribution in [2.24, 2.45) is 0 Å². The van der Waals surface area contributed by atoms with Crippen LogP contribution >= 0.6 is 11.6 Å². The van der Waals surface area contributed by atoms with Gasteiger partial charge in [0, 0.05) is 27.2 Å². The van der Waals surface area contributed by atoms with Crippen LogP contribution in [-0.4, -0.2) is 42.7 Å². The van der Waals surface area contributed by atoms with Crippen molar-refractivity contribution in [2.75, 3.05) is 33.8 Å². The van der Waals surface area contributed by atoms with E-state index in [2.05, 4.69) is 4.98 Å². The van der Waals surface area contributed by atoms with Crippen LogP contribution in [-0.2, 0) is 13.3 Å². The maximum absolute atomic E-state index is 5.51. The first-order valence-corrected chi connectivity index (χ1v) is 5.97. The predicted molar refractivity (Wildman–Crippen MR) is 50.1 cm³/mol. The second-order valence-electron chi connectivity index (χ2n) is 2.14. The minimum Gasteiger partial charge on any atom is -0.364 e. The van der Waals surface area contributed by atoms with Crippen molar-refractivity contribution in [1.82, 2.24) is 4.98 Å². The molecular weight excluding hydrogens is 198 g/mol. The highest BCUT2D eigenvalue weighted by molar-refractivity contribution is 6.57. The van der Waals surface area contributed by atoms with Gasteiger partial charge >= 0.3 is 8.97 Å². The summed E-state index contributed by atoms with van der Waals surface area (Å²) in [7, 11) is 2.12. The molecule has 0 saturated heterocycles. The topological polar surface area (TPSA) is 39.7 Å². The Hall–Kier alpha value is 0.347. The number of hydrogen-bond acceptors (Lipinski definition) is 4. The van der Waals surface area contributed by atoms with Gasteiger partial charge in [-0.3, -0.25) is 4.98 Å². The maximum atomic E-state index is 5.51. The lowest BCUT2D eigenvalue weighted by atomic mass is 10.5. The number of rotatable bonds is 7. The van der Waals surface area contributed by atoms with Gasteiger partial charge < -0.3 is 13.3 Å². The molecule has 0 aromatic carbocycles. The Morgan fingerprint density at radius 1 is 1.17 bits per heavy atom. The monoisotopic (exact) mass is 213 g/mol. The summed E-state index contributed by atoms with van der Waals surface area (Å²) in [6, 6.07) is 0. The Balaban J connectivity index is 3.76. The molecule has 0 atom stereocenters. The zero-order valence-electron chi connectivity index (χ0n) is 7.72. The van der Waals surface area contributed by atoms with Crippen LogP contribution in [0.1, 0.15) is 6.42 Å². The van der Waals surface area contributed by atoms with Crippen molar-refractivity contribution in [2.45, 2.75) is 6.42 Å². The third kappa shape index (κ3) is 3.84. The van der Waals surface area contributed by atoms with E-state index in [1.54, 1.807) is 21.3 Å². The molecular formula is C6H16ClNO3Si. The van der Waals surface area contributed by atoms with Crippen LogP contribution in [0.3, 0.4) is 0 Å². The number of nitrogens with one attached hydrogen (secondary N) is 1. The van der Waals surface area contributed by atoms with Crippen LogP contribution in [0.15, 0.2) is 0 Å². The van der Waals surface area contributed by atoms with Crippen LogP contribution in [0.25, 0.3) is 0 Å².